The molecule has 1 N–H and O–H groups in total. The molecule has 0 aliphatic heterocycles. The molecule has 0 saturated carbocycles. The van der Waals surface area contributed by atoms with Crippen LogP contribution in [-0.2, 0) is 17.8 Å². The number of halogens is 1. The molecular formula is C21H20ClN3O. The smallest absolute Gasteiger partial charge is 0.244 e. The summed E-state index contributed by atoms with van der Waals surface area (Å²) in [7, 11) is 0. The molecule has 4 nitrogen and oxygen atoms in total. The predicted molar refractivity (Wildman–Crippen MR) is 105 cm³/mol. The van der Waals surface area contributed by atoms with Crippen molar-refractivity contribution in [3.8, 4) is 0 Å². The number of carbonyl (C=O) groups is 1. The lowest BCUT2D eigenvalue weighted by atomic mass is 10.1. The quantitative estimate of drug-likeness (QED) is 0.644. The van der Waals surface area contributed by atoms with Gasteiger partial charge in [0.05, 0.1) is 12.7 Å². The number of hydrogen-bond donors (Lipinski definition) is 1. The lowest BCUT2D eigenvalue weighted by molar-refractivity contribution is -0.116. The summed E-state index contributed by atoms with van der Waals surface area (Å²) >= 11 is 5.86. The van der Waals surface area contributed by atoms with Crippen LogP contribution < -0.4 is 5.32 Å². The monoisotopic (exact) mass is 365 g/mol. The number of nitrogens with zero attached hydrogens (tertiary/aromatic N) is 2. The molecule has 26 heavy (non-hydrogen) atoms. The van der Waals surface area contributed by atoms with Crippen molar-refractivity contribution in [1.82, 2.24) is 15.1 Å². The van der Waals surface area contributed by atoms with Gasteiger partial charge in [0.1, 0.15) is 0 Å². The van der Waals surface area contributed by atoms with Crippen LogP contribution in [0.3, 0.4) is 0 Å². The third-order valence-corrected chi connectivity index (χ3v) is 4.15. The van der Waals surface area contributed by atoms with Crippen molar-refractivity contribution in [2.24, 2.45) is 0 Å². The van der Waals surface area contributed by atoms with Gasteiger partial charge in [0, 0.05) is 29.4 Å². The summed E-state index contributed by atoms with van der Waals surface area (Å²) in [5, 5.41) is 7.91. The number of rotatable bonds is 7. The van der Waals surface area contributed by atoms with Gasteiger partial charge in [-0.1, -0.05) is 54.1 Å². The summed E-state index contributed by atoms with van der Waals surface area (Å²) in [5.74, 6) is -0.116. The average molecular weight is 366 g/mol. The lowest BCUT2D eigenvalue weighted by Crippen LogP contribution is -2.23. The van der Waals surface area contributed by atoms with E-state index in [1.807, 2.05) is 53.3 Å². The molecule has 0 aliphatic carbocycles. The molecule has 3 rings (SSSR count). The highest BCUT2D eigenvalue weighted by molar-refractivity contribution is 6.30. The van der Waals surface area contributed by atoms with Crippen molar-refractivity contribution in [2.45, 2.75) is 13.0 Å². The molecule has 0 saturated heterocycles. The van der Waals surface area contributed by atoms with Crippen LogP contribution in [0.1, 0.15) is 16.7 Å². The van der Waals surface area contributed by atoms with Crippen molar-refractivity contribution >= 4 is 23.6 Å². The number of nitrogens with one attached hydrogen (secondary N) is 1. The molecule has 1 aromatic heterocycles. The molecule has 1 amide bonds. The second-order valence-corrected chi connectivity index (χ2v) is 6.39. The van der Waals surface area contributed by atoms with Gasteiger partial charge in [-0.15, -0.1) is 0 Å². The van der Waals surface area contributed by atoms with Crippen LogP contribution in [0.15, 0.2) is 73.1 Å². The highest BCUT2D eigenvalue weighted by atomic mass is 35.5. The van der Waals surface area contributed by atoms with Gasteiger partial charge in [-0.25, -0.2) is 0 Å². The van der Waals surface area contributed by atoms with E-state index in [4.69, 9.17) is 11.6 Å². The van der Waals surface area contributed by atoms with Gasteiger partial charge < -0.3 is 5.32 Å². The van der Waals surface area contributed by atoms with E-state index in [0.29, 0.717) is 18.1 Å². The molecule has 0 fully saturated rings. The van der Waals surface area contributed by atoms with Crippen LogP contribution in [-0.4, -0.2) is 22.2 Å². The van der Waals surface area contributed by atoms with E-state index in [9.17, 15) is 4.79 Å². The fourth-order valence-corrected chi connectivity index (χ4v) is 2.66. The second-order valence-electron chi connectivity index (χ2n) is 5.96. The SMILES string of the molecule is O=C(/C=C/c1cnn(Cc2ccccc2)c1)NCCc1ccc(Cl)cc1. The first kappa shape index (κ1) is 18.0. The van der Waals surface area contributed by atoms with E-state index < -0.39 is 0 Å². The summed E-state index contributed by atoms with van der Waals surface area (Å²) in [4.78, 5) is 11.9. The van der Waals surface area contributed by atoms with Crippen LogP contribution >= 0.6 is 11.6 Å². The fourth-order valence-electron chi connectivity index (χ4n) is 2.53. The second kappa shape index (κ2) is 9.02. The summed E-state index contributed by atoms with van der Waals surface area (Å²) in [5.41, 5.74) is 3.22. The highest BCUT2D eigenvalue weighted by Gasteiger charge is 2.00. The van der Waals surface area contributed by atoms with E-state index in [0.717, 1.165) is 17.5 Å². The van der Waals surface area contributed by atoms with Gasteiger partial charge in [-0.3, -0.25) is 9.48 Å². The maximum absolute atomic E-state index is 11.9. The summed E-state index contributed by atoms with van der Waals surface area (Å²) < 4.78 is 1.85. The van der Waals surface area contributed by atoms with Gasteiger partial charge in [-0.05, 0) is 35.8 Å². The Morgan fingerprint density at radius 3 is 2.62 bits per heavy atom. The molecule has 1 heterocycles. The maximum atomic E-state index is 11.9. The van der Waals surface area contributed by atoms with Crippen LogP contribution in [0.2, 0.25) is 5.02 Å². The standard InChI is InChI=1S/C21H20ClN3O/c22-20-9-6-17(7-10-20)12-13-23-21(26)11-8-19-14-24-25(16-19)15-18-4-2-1-3-5-18/h1-11,14,16H,12-13,15H2,(H,23,26)/b11-8+. The van der Waals surface area contributed by atoms with Crippen molar-refractivity contribution in [3.63, 3.8) is 0 Å². The first-order valence-electron chi connectivity index (χ1n) is 8.46. The molecule has 3 aromatic rings. The van der Waals surface area contributed by atoms with E-state index in [2.05, 4.69) is 22.5 Å². The predicted octanol–water partition coefficient (Wildman–Crippen LogP) is 3.96. The van der Waals surface area contributed by atoms with Crippen LogP contribution in [0.4, 0.5) is 0 Å². The van der Waals surface area contributed by atoms with E-state index in [-0.39, 0.29) is 5.91 Å². The molecule has 0 aliphatic rings. The Kier molecular flexibility index (Phi) is 6.23. The molecule has 0 bridgehead atoms. The van der Waals surface area contributed by atoms with Crippen molar-refractivity contribution in [2.75, 3.05) is 6.54 Å². The molecule has 0 atom stereocenters. The fraction of sp³-hybridized carbons (Fsp3) is 0.143. The first-order valence-corrected chi connectivity index (χ1v) is 8.83. The van der Waals surface area contributed by atoms with E-state index >= 15 is 0 Å². The van der Waals surface area contributed by atoms with E-state index in [1.54, 1.807) is 12.3 Å². The summed E-state index contributed by atoms with van der Waals surface area (Å²) in [6, 6.07) is 17.8. The lowest BCUT2D eigenvalue weighted by Gasteiger charge is -2.02. The Hall–Kier alpha value is -2.85. The van der Waals surface area contributed by atoms with Gasteiger partial charge in [0.15, 0.2) is 0 Å². The van der Waals surface area contributed by atoms with Crippen LogP contribution in [0.5, 0.6) is 0 Å². The van der Waals surface area contributed by atoms with Crippen LogP contribution in [0, 0.1) is 0 Å². The van der Waals surface area contributed by atoms with Crippen molar-refractivity contribution in [3.05, 3.63) is 94.8 Å². The number of benzene rings is 2. The third kappa shape index (κ3) is 5.60. The summed E-state index contributed by atoms with van der Waals surface area (Å²) in [6.45, 7) is 1.29. The zero-order valence-corrected chi connectivity index (χ0v) is 15.1. The Bertz CT molecular complexity index is 870. The molecular weight excluding hydrogens is 346 g/mol. The molecule has 0 radical (unpaired) electrons. The Morgan fingerprint density at radius 2 is 1.85 bits per heavy atom. The average Bonchev–Trinajstić information content (AvgIpc) is 3.10. The van der Waals surface area contributed by atoms with Crippen molar-refractivity contribution in [1.29, 1.82) is 0 Å². The molecule has 2 aromatic carbocycles. The minimum Gasteiger partial charge on any atom is -0.352 e. The zero-order chi connectivity index (χ0) is 18.2. The van der Waals surface area contributed by atoms with Gasteiger partial charge in [0.2, 0.25) is 5.91 Å². The van der Waals surface area contributed by atoms with Gasteiger partial charge in [0.25, 0.3) is 0 Å². The number of aromatic nitrogens is 2. The molecule has 0 spiro atoms. The number of hydrogen-bond acceptors (Lipinski definition) is 2. The Morgan fingerprint density at radius 1 is 1.08 bits per heavy atom. The topological polar surface area (TPSA) is 46.9 Å². The van der Waals surface area contributed by atoms with Crippen molar-refractivity contribution < 1.29 is 4.79 Å². The molecule has 0 unspecified atom stereocenters. The van der Waals surface area contributed by atoms with Gasteiger partial charge in [-0.2, -0.15) is 5.10 Å². The molecule has 132 valence electrons. The maximum Gasteiger partial charge on any atom is 0.244 e. The van der Waals surface area contributed by atoms with Crippen LogP contribution in [0.25, 0.3) is 6.08 Å². The first-order chi connectivity index (χ1) is 12.7. The normalized spacial score (nSPS) is 11.0. The third-order valence-electron chi connectivity index (χ3n) is 3.89. The molecule has 5 heteroatoms. The number of carbonyl (C=O) groups excluding carboxylic acids is 1. The van der Waals surface area contributed by atoms with E-state index in [1.165, 1.54) is 11.6 Å². The number of amides is 1. The highest BCUT2D eigenvalue weighted by Crippen LogP contribution is 2.09. The summed E-state index contributed by atoms with van der Waals surface area (Å²) in [6.07, 6.45) is 7.74. The minimum absolute atomic E-state index is 0.116. The minimum atomic E-state index is -0.116. The zero-order valence-electron chi connectivity index (χ0n) is 14.3. The largest absolute Gasteiger partial charge is 0.352 e. The Balaban J connectivity index is 1.45. The van der Waals surface area contributed by atoms with Gasteiger partial charge >= 0.3 is 0 Å². The Labute approximate surface area is 158 Å².